The molecule has 1 unspecified atom stereocenters. The Bertz CT molecular complexity index is 1220. The molecule has 0 bridgehead atoms. The minimum atomic E-state index is -0.917. The molecule has 0 radical (unpaired) electrons. The maximum absolute atomic E-state index is 12.9. The van der Waals surface area contributed by atoms with Crippen LogP contribution in [0.15, 0.2) is 59.3 Å². The van der Waals surface area contributed by atoms with Gasteiger partial charge in [0.15, 0.2) is 17.8 Å². The third-order valence-corrected chi connectivity index (χ3v) is 6.64. The lowest BCUT2D eigenvalue weighted by Crippen LogP contribution is -2.42. The highest BCUT2D eigenvalue weighted by molar-refractivity contribution is 5.93. The number of nitrogens with one attached hydrogen (secondary N) is 1. The molecule has 35 heavy (non-hydrogen) atoms. The van der Waals surface area contributed by atoms with E-state index in [4.69, 9.17) is 9.15 Å². The normalized spacial score (nSPS) is 16.9. The van der Waals surface area contributed by atoms with Gasteiger partial charge in [0.05, 0.1) is 12.5 Å². The van der Waals surface area contributed by atoms with Gasteiger partial charge >= 0.3 is 12.1 Å². The van der Waals surface area contributed by atoms with Gasteiger partial charge in [-0.25, -0.2) is 9.78 Å². The van der Waals surface area contributed by atoms with E-state index >= 15 is 0 Å². The highest BCUT2D eigenvalue weighted by atomic mass is 16.5. The van der Waals surface area contributed by atoms with Crippen LogP contribution in [-0.4, -0.2) is 52.7 Å². The van der Waals surface area contributed by atoms with E-state index in [0.717, 1.165) is 28.6 Å². The van der Waals surface area contributed by atoms with E-state index in [1.54, 1.807) is 0 Å². The Labute approximate surface area is 201 Å². The topological polar surface area (TPSA) is 122 Å². The highest BCUT2D eigenvalue weighted by Gasteiger charge is 2.32. The summed E-state index contributed by atoms with van der Waals surface area (Å²) in [6.07, 6.45) is 1.65. The molecule has 3 aromatic rings. The smallest absolute Gasteiger partial charge is 0.407 e. The fourth-order valence-electron chi connectivity index (χ4n) is 4.89. The number of oxazole rings is 1. The van der Waals surface area contributed by atoms with Crippen LogP contribution in [0.4, 0.5) is 4.79 Å². The quantitative estimate of drug-likeness (QED) is 0.558. The second-order valence-electron chi connectivity index (χ2n) is 8.73. The summed E-state index contributed by atoms with van der Waals surface area (Å²) >= 11 is 0. The lowest BCUT2D eigenvalue weighted by molar-refractivity contribution is -0.143. The van der Waals surface area contributed by atoms with Gasteiger partial charge in [-0.05, 0) is 35.1 Å². The van der Waals surface area contributed by atoms with Crippen molar-refractivity contribution in [1.82, 2.24) is 15.2 Å². The van der Waals surface area contributed by atoms with E-state index < -0.39 is 23.9 Å². The number of piperidine rings is 1. The molecule has 2 N–H and O–H groups in total. The molecule has 9 nitrogen and oxygen atoms in total. The molecule has 180 valence electrons. The maximum Gasteiger partial charge on any atom is 0.407 e. The zero-order chi connectivity index (χ0) is 24.4. The van der Waals surface area contributed by atoms with Crippen molar-refractivity contribution in [1.29, 1.82) is 0 Å². The average Bonchev–Trinajstić information content (AvgIpc) is 3.48. The largest absolute Gasteiger partial charge is 0.481 e. The summed E-state index contributed by atoms with van der Waals surface area (Å²) in [6.45, 7) is 0.676. The number of rotatable bonds is 6. The number of hydrogen-bond donors (Lipinski definition) is 2. The molecule has 1 aliphatic heterocycles. The number of alkyl carbamates (subject to hydrolysis) is 1. The Morgan fingerprint density at radius 2 is 1.77 bits per heavy atom. The summed E-state index contributed by atoms with van der Waals surface area (Å²) < 4.78 is 10.8. The molecular weight excluding hydrogens is 450 g/mol. The van der Waals surface area contributed by atoms with Crippen molar-refractivity contribution in [2.45, 2.75) is 25.3 Å². The summed E-state index contributed by atoms with van der Waals surface area (Å²) in [4.78, 5) is 42.1. The molecule has 2 amide bonds. The number of nitrogens with zero attached hydrogens (tertiary/aromatic N) is 2. The number of ether oxygens (including phenoxy) is 1. The monoisotopic (exact) mass is 475 g/mol. The van der Waals surface area contributed by atoms with Gasteiger partial charge in [-0.1, -0.05) is 48.5 Å². The first-order chi connectivity index (χ1) is 17.0. The lowest BCUT2D eigenvalue weighted by atomic mass is 9.98. The molecule has 9 heteroatoms. The van der Waals surface area contributed by atoms with E-state index in [-0.39, 0.29) is 37.1 Å². The number of fused-ring (bicyclic) bond motifs is 3. The van der Waals surface area contributed by atoms with Crippen molar-refractivity contribution in [2.24, 2.45) is 5.92 Å². The van der Waals surface area contributed by atoms with E-state index in [9.17, 15) is 19.5 Å². The number of aromatic nitrogens is 1. The first-order valence-corrected chi connectivity index (χ1v) is 11.6. The summed E-state index contributed by atoms with van der Waals surface area (Å²) in [7, 11) is 0. The Balaban J connectivity index is 1.19. The van der Waals surface area contributed by atoms with Gasteiger partial charge in [0.2, 0.25) is 0 Å². The molecule has 1 aromatic heterocycles. The number of carboxylic acids is 1. The van der Waals surface area contributed by atoms with Crippen molar-refractivity contribution in [3.63, 3.8) is 0 Å². The van der Waals surface area contributed by atoms with Crippen molar-refractivity contribution in [2.75, 3.05) is 19.7 Å². The minimum Gasteiger partial charge on any atom is -0.481 e. The third-order valence-electron chi connectivity index (χ3n) is 6.64. The molecular formula is C26H25N3O6. The van der Waals surface area contributed by atoms with Crippen LogP contribution < -0.4 is 5.32 Å². The second kappa shape index (κ2) is 9.61. The number of benzene rings is 2. The minimum absolute atomic E-state index is 0.0585. The first-order valence-electron chi connectivity index (χ1n) is 11.6. The predicted octanol–water partition coefficient (Wildman–Crippen LogP) is 3.65. The zero-order valence-corrected chi connectivity index (χ0v) is 19.0. The molecule has 0 saturated carbocycles. The molecule has 1 fully saturated rings. The third kappa shape index (κ3) is 4.49. The van der Waals surface area contributed by atoms with Crippen molar-refractivity contribution in [3.8, 4) is 11.1 Å². The van der Waals surface area contributed by atoms with Crippen molar-refractivity contribution >= 4 is 18.0 Å². The Hall–Kier alpha value is -4.14. The van der Waals surface area contributed by atoms with Crippen LogP contribution in [-0.2, 0) is 16.1 Å². The Kier molecular flexibility index (Phi) is 6.22. The summed E-state index contributed by atoms with van der Waals surface area (Å²) in [5.74, 6) is -1.78. The molecule has 2 aliphatic rings. The van der Waals surface area contributed by atoms with Gasteiger partial charge in [-0.3, -0.25) is 9.59 Å². The number of carbonyl (C=O) groups is 3. The van der Waals surface area contributed by atoms with Gasteiger partial charge in [0, 0.05) is 19.0 Å². The average molecular weight is 476 g/mol. The summed E-state index contributed by atoms with van der Waals surface area (Å²) in [5.41, 5.74) is 4.58. The first kappa shape index (κ1) is 22.6. The SMILES string of the molecule is O=C(NCc1ocnc1C(=O)N1CCCC(C(=O)O)C1)OCC1c2ccccc2-c2ccccc21. The van der Waals surface area contributed by atoms with Crippen LogP contribution in [0, 0.1) is 5.92 Å². The molecule has 1 atom stereocenters. The fraction of sp³-hybridized carbons (Fsp3) is 0.308. The number of carboxylic acid groups (broad SMARTS) is 1. The van der Waals surface area contributed by atoms with Crippen LogP contribution >= 0.6 is 0 Å². The van der Waals surface area contributed by atoms with Gasteiger partial charge in [-0.2, -0.15) is 0 Å². The predicted molar refractivity (Wildman–Crippen MR) is 125 cm³/mol. The number of amides is 2. The lowest BCUT2D eigenvalue weighted by Gasteiger charge is -2.30. The van der Waals surface area contributed by atoms with E-state index in [1.807, 2.05) is 36.4 Å². The Morgan fingerprint density at radius 1 is 1.09 bits per heavy atom. The fourth-order valence-corrected chi connectivity index (χ4v) is 4.89. The number of likely N-dealkylation sites (tertiary alicyclic amines) is 1. The number of hydrogen-bond acceptors (Lipinski definition) is 6. The molecule has 1 saturated heterocycles. The number of aliphatic carboxylic acids is 1. The van der Waals surface area contributed by atoms with Crippen LogP contribution in [0.2, 0.25) is 0 Å². The van der Waals surface area contributed by atoms with Crippen molar-refractivity contribution in [3.05, 3.63) is 77.5 Å². The maximum atomic E-state index is 12.9. The molecule has 0 spiro atoms. The summed E-state index contributed by atoms with van der Waals surface area (Å²) in [6, 6.07) is 16.2. The van der Waals surface area contributed by atoms with Crippen LogP contribution in [0.3, 0.4) is 0 Å². The van der Waals surface area contributed by atoms with Crippen LogP contribution in [0.1, 0.15) is 46.1 Å². The highest BCUT2D eigenvalue weighted by Crippen LogP contribution is 2.44. The van der Waals surface area contributed by atoms with Gasteiger partial charge in [-0.15, -0.1) is 0 Å². The molecule has 1 aliphatic carbocycles. The van der Waals surface area contributed by atoms with E-state index in [1.165, 1.54) is 4.90 Å². The van der Waals surface area contributed by atoms with Gasteiger partial charge in [0.1, 0.15) is 6.61 Å². The van der Waals surface area contributed by atoms with Crippen LogP contribution in [0.25, 0.3) is 11.1 Å². The summed E-state index contributed by atoms with van der Waals surface area (Å²) in [5, 5.41) is 11.9. The van der Waals surface area contributed by atoms with Gasteiger partial charge in [0.25, 0.3) is 5.91 Å². The molecule has 5 rings (SSSR count). The van der Waals surface area contributed by atoms with E-state index in [0.29, 0.717) is 19.4 Å². The van der Waals surface area contributed by atoms with Crippen molar-refractivity contribution < 1.29 is 28.6 Å². The Morgan fingerprint density at radius 3 is 2.46 bits per heavy atom. The zero-order valence-electron chi connectivity index (χ0n) is 19.0. The van der Waals surface area contributed by atoms with Crippen LogP contribution in [0.5, 0.6) is 0 Å². The standard InChI is InChI=1S/C26H25N3O6/c30-24(29-11-5-6-16(13-29)25(31)32)23-22(35-15-28-23)12-27-26(33)34-14-21-19-9-3-1-7-17(19)18-8-2-4-10-20(18)21/h1-4,7-10,15-16,21H,5-6,11-14H2,(H,27,33)(H,31,32). The van der Waals surface area contributed by atoms with Gasteiger partial charge < -0.3 is 24.5 Å². The molecule has 2 heterocycles. The second-order valence-corrected chi connectivity index (χ2v) is 8.73. The van der Waals surface area contributed by atoms with E-state index in [2.05, 4.69) is 22.4 Å². The molecule has 2 aromatic carbocycles. The number of carbonyl (C=O) groups excluding carboxylic acids is 2.